The summed E-state index contributed by atoms with van der Waals surface area (Å²) >= 11 is 5.74. The van der Waals surface area contributed by atoms with Gasteiger partial charge in [-0.05, 0) is 31.2 Å². The number of anilines is 1. The van der Waals surface area contributed by atoms with Gasteiger partial charge in [0.2, 0.25) is 0 Å². The highest BCUT2D eigenvalue weighted by atomic mass is 35.5. The number of nitro benzene ring substituents is 1. The SMILES string of the molecule is Cc1ccc(S(=O)(=O)N(C)c2ccc(Cl)cc2[N+](=O)[O-])cc1. The van der Waals surface area contributed by atoms with Gasteiger partial charge in [-0.1, -0.05) is 29.3 Å². The molecule has 0 aromatic heterocycles. The molecule has 22 heavy (non-hydrogen) atoms. The van der Waals surface area contributed by atoms with Crippen LogP contribution < -0.4 is 4.31 Å². The Hall–Kier alpha value is -2.12. The fourth-order valence-electron chi connectivity index (χ4n) is 1.91. The molecule has 8 heteroatoms. The molecule has 0 heterocycles. The first-order chi connectivity index (χ1) is 10.2. The molecule has 6 nitrogen and oxygen atoms in total. The van der Waals surface area contributed by atoms with Gasteiger partial charge in [0.1, 0.15) is 5.69 Å². The zero-order chi connectivity index (χ0) is 16.5. The number of sulfonamides is 1. The molecule has 0 aliphatic carbocycles. The first-order valence-corrected chi connectivity index (χ1v) is 8.05. The molecule has 0 saturated carbocycles. The van der Waals surface area contributed by atoms with Crippen LogP contribution in [0, 0.1) is 17.0 Å². The summed E-state index contributed by atoms with van der Waals surface area (Å²) in [5.74, 6) is 0. The molecule has 2 rings (SSSR count). The normalized spacial score (nSPS) is 11.2. The summed E-state index contributed by atoms with van der Waals surface area (Å²) in [5.41, 5.74) is 0.500. The molecule has 0 aliphatic rings. The summed E-state index contributed by atoms with van der Waals surface area (Å²) in [6, 6.07) is 10.1. The minimum absolute atomic E-state index is 0.0463. The van der Waals surface area contributed by atoms with Crippen LogP contribution in [0.3, 0.4) is 0 Å². The van der Waals surface area contributed by atoms with E-state index in [1.54, 1.807) is 12.1 Å². The summed E-state index contributed by atoms with van der Waals surface area (Å²) in [6.07, 6.45) is 0. The predicted octanol–water partition coefficient (Wildman–Crippen LogP) is 3.38. The Bertz CT molecular complexity index is 819. The smallest absolute Gasteiger partial charge is 0.262 e. The molecular formula is C14H13ClN2O4S. The molecule has 0 radical (unpaired) electrons. The van der Waals surface area contributed by atoms with Crippen LogP contribution in [0.4, 0.5) is 11.4 Å². The van der Waals surface area contributed by atoms with Crippen molar-refractivity contribution in [1.29, 1.82) is 0 Å². The van der Waals surface area contributed by atoms with Gasteiger partial charge in [0, 0.05) is 18.1 Å². The molecule has 2 aromatic carbocycles. The summed E-state index contributed by atoms with van der Waals surface area (Å²) < 4.78 is 26.0. The largest absolute Gasteiger partial charge is 0.295 e. The van der Waals surface area contributed by atoms with Crippen LogP contribution in [-0.2, 0) is 10.0 Å². The van der Waals surface area contributed by atoms with E-state index < -0.39 is 14.9 Å². The highest BCUT2D eigenvalue weighted by molar-refractivity contribution is 7.92. The van der Waals surface area contributed by atoms with E-state index in [0.717, 1.165) is 15.9 Å². The third-order valence-corrected chi connectivity index (χ3v) is 5.17. The highest BCUT2D eigenvalue weighted by Gasteiger charge is 2.27. The van der Waals surface area contributed by atoms with Crippen molar-refractivity contribution in [3.05, 3.63) is 63.2 Å². The highest BCUT2D eigenvalue weighted by Crippen LogP contribution is 2.33. The standard InChI is InChI=1S/C14H13ClN2O4S/c1-10-3-6-12(7-4-10)22(20,21)16(2)13-8-5-11(15)9-14(13)17(18)19/h3-9H,1-2H3. The molecule has 2 aromatic rings. The van der Waals surface area contributed by atoms with E-state index in [1.807, 2.05) is 6.92 Å². The lowest BCUT2D eigenvalue weighted by atomic mass is 10.2. The Kier molecular flexibility index (Phi) is 4.39. The van der Waals surface area contributed by atoms with Crippen molar-refractivity contribution in [2.45, 2.75) is 11.8 Å². The number of benzene rings is 2. The van der Waals surface area contributed by atoms with Gasteiger partial charge in [-0.25, -0.2) is 8.42 Å². The number of hydrogen-bond acceptors (Lipinski definition) is 4. The average molecular weight is 341 g/mol. The van der Waals surface area contributed by atoms with Crippen LogP contribution >= 0.6 is 11.6 Å². The maximum atomic E-state index is 12.6. The second-order valence-corrected chi connectivity index (χ2v) is 7.08. The molecule has 0 fully saturated rings. The van der Waals surface area contributed by atoms with Crippen LogP contribution in [0.15, 0.2) is 47.4 Å². The van der Waals surface area contributed by atoms with Crippen LogP contribution in [0.5, 0.6) is 0 Å². The Balaban J connectivity index is 2.53. The van der Waals surface area contributed by atoms with E-state index >= 15 is 0 Å². The Labute approximate surface area is 133 Å². The van der Waals surface area contributed by atoms with Gasteiger partial charge in [0.15, 0.2) is 0 Å². The Morgan fingerprint density at radius 1 is 1.14 bits per heavy atom. The number of aryl methyl sites for hydroxylation is 1. The van der Waals surface area contributed by atoms with Gasteiger partial charge < -0.3 is 0 Å². The molecule has 0 amide bonds. The molecular weight excluding hydrogens is 328 g/mol. The summed E-state index contributed by atoms with van der Waals surface area (Å²) in [6.45, 7) is 1.84. The van der Waals surface area contributed by atoms with Crippen molar-refractivity contribution in [3.8, 4) is 0 Å². The molecule has 0 spiro atoms. The van der Waals surface area contributed by atoms with Gasteiger partial charge in [0.25, 0.3) is 15.7 Å². The van der Waals surface area contributed by atoms with Crippen molar-refractivity contribution >= 4 is 33.0 Å². The van der Waals surface area contributed by atoms with E-state index in [9.17, 15) is 18.5 Å². The Morgan fingerprint density at radius 2 is 1.73 bits per heavy atom. The Morgan fingerprint density at radius 3 is 2.27 bits per heavy atom. The van der Waals surface area contributed by atoms with Crippen molar-refractivity contribution in [3.63, 3.8) is 0 Å². The monoisotopic (exact) mass is 340 g/mol. The van der Waals surface area contributed by atoms with Crippen LogP contribution in [0.1, 0.15) is 5.56 Å². The molecule has 116 valence electrons. The predicted molar refractivity (Wildman–Crippen MR) is 84.9 cm³/mol. The molecule has 0 saturated heterocycles. The van der Waals surface area contributed by atoms with Crippen LogP contribution in [0.2, 0.25) is 5.02 Å². The van der Waals surface area contributed by atoms with Gasteiger partial charge in [-0.15, -0.1) is 0 Å². The molecule has 0 atom stereocenters. The third kappa shape index (κ3) is 3.05. The molecule has 0 bridgehead atoms. The summed E-state index contributed by atoms with van der Waals surface area (Å²) in [7, 11) is -2.62. The van der Waals surface area contributed by atoms with Crippen LogP contribution in [-0.4, -0.2) is 20.4 Å². The van der Waals surface area contributed by atoms with Crippen molar-refractivity contribution in [2.75, 3.05) is 11.4 Å². The van der Waals surface area contributed by atoms with Gasteiger partial charge >= 0.3 is 0 Å². The fraction of sp³-hybridized carbons (Fsp3) is 0.143. The first kappa shape index (κ1) is 16.3. The van der Waals surface area contributed by atoms with E-state index in [4.69, 9.17) is 11.6 Å². The second-order valence-electron chi connectivity index (χ2n) is 4.68. The lowest BCUT2D eigenvalue weighted by molar-refractivity contribution is -0.384. The van der Waals surface area contributed by atoms with Crippen molar-refractivity contribution in [2.24, 2.45) is 0 Å². The van der Waals surface area contributed by atoms with E-state index in [0.29, 0.717) is 0 Å². The molecule has 0 aliphatic heterocycles. The summed E-state index contributed by atoms with van der Waals surface area (Å²) in [5, 5.41) is 11.3. The second kappa shape index (κ2) is 5.94. The maximum Gasteiger partial charge on any atom is 0.295 e. The minimum Gasteiger partial charge on any atom is -0.262 e. The third-order valence-electron chi connectivity index (χ3n) is 3.15. The average Bonchev–Trinajstić information content (AvgIpc) is 2.46. The quantitative estimate of drug-likeness (QED) is 0.631. The van der Waals surface area contributed by atoms with Gasteiger partial charge in [-0.2, -0.15) is 0 Å². The lowest BCUT2D eigenvalue weighted by Crippen LogP contribution is -2.27. The van der Waals surface area contributed by atoms with E-state index in [-0.39, 0.29) is 21.3 Å². The zero-order valence-electron chi connectivity index (χ0n) is 11.9. The lowest BCUT2D eigenvalue weighted by Gasteiger charge is -2.19. The van der Waals surface area contributed by atoms with E-state index in [2.05, 4.69) is 0 Å². The fourth-order valence-corrected chi connectivity index (χ4v) is 3.28. The number of nitrogens with zero attached hydrogens (tertiary/aromatic N) is 2. The maximum absolute atomic E-state index is 12.6. The zero-order valence-corrected chi connectivity index (χ0v) is 13.4. The van der Waals surface area contributed by atoms with Crippen molar-refractivity contribution in [1.82, 2.24) is 0 Å². The van der Waals surface area contributed by atoms with Crippen LogP contribution in [0.25, 0.3) is 0 Å². The number of nitro groups is 1. The number of hydrogen-bond donors (Lipinski definition) is 0. The van der Waals surface area contributed by atoms with Gasteiger partial charge in [0.05, 0.1) is 9.82 Å². The minimum atomic E-state index is -3.89. The molecule has 0 unspecified atom stereocenters. The van der Waals surface area contributed by atoms with Gasteiger partial charge in [-0.3, -0.25) is 14.4 Å². The summed E-state index contributed by atoms with van der Waals surface area (Å²) in [4.78, 5) is 10.5. The molecule has 0 N–H and O–H groups in total. The van der Waals surface area contributed by atoms with Crippen molar-refractivity contribution < 1.29 is 13.3 Å². The van der Waals surface area contributed by atoms with E-state index in [1.165, 1.54) is 31.3 Å². The first-order valence-electron chi connectivity index (χ1n) is 6.23. The number of halogens is 1. The number of rotatable bonds is 4. The topological polar surface area (TPSA) is 80.5 Å².